The number of benzene rings is 1. The number of rotatable bonds is 6. The molecule has 0 radical (unpaired) electrons. The molecule has 2 aromatic rings. The molecule has 166 valence electrons. The third-order valence-corrected chi connectivity index (χ3v) is 8.83. The van der Waals surface area contributed by atoms with Gasteiger partial charge in [0.2, 0.25) is 5.91 Å². The summed E-state index contributed by atoms with van der Waals surface area (Å²) in [5, 5.41) is 8.03. The van der Waals surface area contributed by atoms with Gasteiger partial charge in [0.1, 0.15) is 5.75 Å². The molecule has 4 rings (SSSR count). The molecule has 1 aromatic heterocycles. The zero-order chi connectivity index (χ0) is 22.6. The maximum Gasteiger partial charge on any atom is 0.344 e. The predicted octanol–water partition coefficient (Wildman–Crippen LogP) is 1.75. The molecular formula is C20H18BrF2N2O5S-. The molecule has 2 aliphatic rings. The summed E-state index contributed by atoms with van der Waals surface area (Å²) >= 11 is 3.21. The number of fused-ring (bicyclic) bond motifs is 2. The van der Waals surface area contributed by atoms with Crippen molar-refractivity contribution in [1.29, 1.82) is 0 Å². The minimum atomic E-state index is -5.38. The van der Waals surface area contributed by atoms with E-state index in [0.29, 0.717) is 11.3 Å². The van der Waals surface area contributed by atoms with Crippen LogP contribution in [0.25, 0.3) is 0 Å². The lowest BCUT2D eigenvalue weighted by Crippen LogP contribution is -2.71. The number of carbonyl (C=O) groups excluding carboxylic acids is 1. The van der Waals surface area contributed by atoms with Gasteiger partial charge in [-0.15, -0.1) is 0 Å². The number of piperidine rings is 1. The van der Waals surface area contributed by atoms with Crippen LogP contribution in [-0.2, 0) is 21.2 Å². The second-order valence-electron chi connectivity index (χ2n) is 7.59. The van der Waals surface area contributed by atoms with Crippen LogP contribution in [0.5, 0.6) is 5.75 Å². The summed E-state index contributed by atoms with van der Waals surface area (Å²) in [6.45, 7) is -0.101. The van der Waals surface area contributed by atoms with Gasteiger partial charge >= 0.3 is 5.25 Å². The molecule has 31 heavy (non-hydrogen) atoms. The number of ether oxygens (including phenoxy) is 1. The number of nitrogens with zero attached hydrogens (tertiary/aromatic N) is 2. The predicted molar refractivity (Wildman–Crippen MR) is 107 cm³/mol. The van der Waals surface area contributed by atoms with E-state index in [1.807, 2.05) is 0 Å². The summed E-state index contributed by atoms with van der Waals surface area (Å²) in [5.41, 5.74) is -2.64. The number of alkyl halides is 3. The molecule has 1 aromatic carbocycles. The Labute approximate surface area is 186 Å². The number of likely N-dealkylation sites (tertiary alicyclic amines) is 1. The molecule has 1 saturated carbocycles. The van der Waals surface area contributed by atoms with Crippen LogP contribution in [0.1, 0.15) is 12.0 Å². The molecule has 0 spiro atoms. The van der Waals surface area contributed by atoms with Gasteiger partial charge in [-0.2, -0.15) is 8.78 Å². The van der Waals surface area contributed by atoms with E-state index in [9.17, 15) is 18.3 Å². The minimum Gasteiger partial charge on any atom is -0.843 e. The quantitative estimate of drug-likeness (QED) is 0.543. The molecular weight excluding hydrogens is 498 g/mol. The van der Waals surface area contributed by atoms with Crippen molar-refractivity contribution < 1.29 is 31.8 Å². The van der Waals surface area contributed by atoms with Gasteiger partial charge in [-0.05, 0) is 41.9 Å². The number of pyridine rings is 1. The van der Waals surface area contributed by atoms with Crippen molar-refractivity contribution in [3.8, 4) is 5.75 Å². The first kappa shape index (κ1) is 22.1. The van der Waals surface area contributed by atoms with E-state index >= 15 is 8.78 Å². The summed E-state index contributed by atoms with van der Waals surface area (Å²) in [6.07, 6.45) is 0.276. The fourth-order valence-corrected chi connectivity index (χ4v) is 6.80. The average Bonchev–Trinajstić information content (AvgIpc) is 3.16. The van der Waals surface area contributed by atoms with E-state index in [1.165, 1.54) is 19.2 Å². The lowest BCUT2D eigenvalue weighted by atomic mass is 9.92. The third-order valence-electron chi connectivity index (χ3n) is 5.88. The Kier molecular flexibility index (Phi) is 5.34. The molecule has 11 heteroatoms. The van der Waals surface area contributed by atoms with Crippen molar-refractivity contribution in [3.05, 3.63) is 54.2 Å². The molecule has 2 bridgehead atoms. The Balaban J connectivity index is 1.71. The molecule has 1 aliphatic heterocycles. The highest BCUT2D eigenvalue weighted by atomic mass is 79.9. The van der Waals surface area contributed by atoms with Crippen molar-refractivity contribution >= 4 is 31.7 Å². The van der Waals surface area contributed by atoms with E-state index in [4.69, 9.17) is 4.74 Å². The van der Waals surface area contributed by atoms with Crippen LogP contribution < -0.4 is 9.84 Å². The van der Waals surface area contributed by atoms with Gasteiger partial charge < -0.3 is 14.7 Å². The van der Waals surface area contributed by atoms with E-state index in [2.05, 4.69) is 20.9 Å². The van der Waals surface area contributed by atoms with Gasteiger partial charge in [0.05, 0.1) is 13.0 Å². The molecule has 0 N–H and O–H groups in total. The molecule has 1 saturated heterocycles. The van der Waals surface area contributed by atoms with E-state index in [-0.39, 0.29) is 6.54 Å². The molecule has 4 unspecified atom stereocenters. The molecule has 2 fully saturated rings. The normalized spacial score (nSPS) is 28.2. The Morgan fingerprint density at radius 1 is 1.29 bits per heavy atom. The summed E-state index contributed by atoms with van der Waals surface area (Å²) in [6, 6.07) is 8.58. The smallest absolute Gasteiger partial charge is 0.344 e. The lowest BCUT2D eigenvalue weighted by molar-refractivity contribution is -0.517. The van der Waals surface area contributed by atoms with Crippen LogP contribution in [-0.4, -0.2) is 53.0 Å². The van der Waals surface area contributed by atoms with Crippen LogP contribution in [0.4, 0.5) is 8.78 Å². The van der Waals surface area contributed by atoms with Crippen molar-refractivity contribution in [2.45, 2.75) is 39.7 Å². The van der Waals surface area contributed by atoms with E-state index in [0.717, 1.165) is 17.2 Å². The summed E-state index contributed by atoms with van der Waals surface area (Å²) in [7, 11) is -3.89. The third kappa shape index (κ3) is 3.16. The van der Waals surface area contributed by atoms with Crippen LogP contribution >= 0.6 is 15.9 Å². The molecule has 1 amide bonds. The fraction of sp³-hybridized carbons (Fsp3) is 0.400. The Morgan fingerprint density at radius 2 is 1.97 bits per heavy atom. The van der Waals surface area contributed by atoms with Crippen LogP contribution in [0, 0.1) is 5.92 Å². The van der Waals surface area contributed by atoms with Gasteiger partial charge in [-0.1, -0.05) is 34.1 Å². The maximum absolute atomic E-state index is 15.4. The molecule has 7 nitrogen and oxygen atoms in total. The van der Waals surface area contributed by atoms with E-state index < -0.39 is 54.8 Å². The largest absolute Gasteiger partial charge is 0.843 e. The van der Waals surface area contributed by atoms with Gasteiger partial charge in [0.15, 0.2) is 5.03 Å². The number of amides is 1. The van der Waals surface area contributed by atoms with Crippen molar-refractivity contribution in [2.75, 3.05) is 7.11 Å². The van der Waals surface area contributed by atoms with Crippen molar-refractivity contribution in [1.82, 2.24) is 9.88 Å². The van der Waals surface area contributed by atoms with Gasteiger partial charge in [-0.3, -0.25) is 4.79 Å². The number of methoxy groups -OCH3 is 1. The monoisotopic (exact) mass is 515 g/mol. The van der Waals surface area contributed by atoms with Crippen molar-refractivity contribution in [2.24, 2.45) is 5.92 Å². The maximum atomic E-state index is 15.4. The average molecular weight is 516 g/mol. The highest BCUT2D eigenvalue weighted by Crippen LogP contribution is 2.55. The summed E-state index contributed by atoms with van der Waals surface area (Å²) in [4.78, 5) is 16.4. The Morgan fingerprint density at radius 3 is 2.52 bits per heavy atom. The Hall–Kier alpha value is -2.11. The second-order valence-corrected chi connectivity index (χ2v) is 10.6. The highest BCUT2D eigenvalue weighted by molar-refractivity contribution is 9.09. The SMILES string of the molecule is COc1ccc(CN2C(=O)C3CC([O-])(C(F)(F)S(=O)(=O)c4ccccn4)C2C3Br)cc1. The van der Waals surface area contributed by atoms with Crippen molar-refractivity contribution in [3.63, 3.8) is 0 Å². The second kappa shape index (κ2) is 7.49. The number of sulfone groups is 1. The number of halogens is 3. The number of aromatic nitrogens is 1. The van der Waals surface area contributed by atoms with Crippen LogP contribution in [0.15, 0.2) is 53.7 Å². The summed E-state index contributed by atoms with van der Waals surface area (Å²) < 4.78 is 61.3. The van der Waals surface area contributed by atoms with Gasteiger partial charge in [0, 0.05) is 23.6 Å². The zero-order valence-corrected chi connectivity index (χ0v) is 18.6. The van der Waals surface area contributed by atoms with E-state index in [1.54, 1.807) is 24.3 Å². The van der Waals surface area contributed by atoms with Gasteiger partial charge in [-0.25, -0.2) is 13.4 Å². The first-order valence-electron chi connectivity index (χ1n) is 9.36. The van der Waals surface area contributed by atoms with Gasteiger partial charge in [0.25, 0.3) is 9.84 Å². The molecule has 1 aliphatic carbocycles. The zero-order valence-electron chi connectivity index (χ0n) is 16.2. The molecule has 2 heterocycles. The first-order valence-corrected chi connectivity index (χ1v) is 11.8. The number of carbonyl (C=O) groups is 1. The lowest BCUT2D eigenvalue weighted by Gasteiger charge is -2.52. The Bertz CT molecular complexity index is 1100. The number of hydrogen-bond acceptors (Lipinski definition) is 6. The topological polar surface area (TPSA) is 99.6 Å². The standard InChI is InChI=1S/C20H18BrF2N2O5S/c1-30-13-7-5-12(6-8-13)11-25-17-16(21)14(18(25)26)10-19(17,27)20(22,23)31(28,29)15-4-2-3-9-24-15/h2-9,14,16-17H,10-11H2,1H3/q-1. The van der Waals surface area contributed by atoms with Crippen LogP contribution in [0.2, 0.25) is 0 Å². The highest BCUT2D eigenvalue weighted by Gasteiger charge is 2.70. The fourth-order valence-electron chi connectivity index (χ4n) is 4.29. The van der Waals surface area contributed by atoms with Crippen LogP contribution in [0.3, 0.4) is 0 Å². The number of hydrogen-bond donors (Lipinski definition) is 0. The minimum absolute atomic E-state index is 0.101. The first-order chi connectivity index (χ1) is 14.5. The molecule has 4 atom stereocenters. The summed E-state index contributed by atoms with van der Waals surface area (Å²) in [5.74, 6) is -0.923.